The lowest BCUT2D eigenvalue weighted by molar-refractivity contribution is -0.121. The molecule has 108 valence electrons. The van der Waals surface area contributed by atoms with Crippen LogP contribution >= 0.6 is 0 Å². The Hall–Kier alpha value is -1.29. The van der Waals surface area contributed by atoms with Crippen molar-refractivity contribution in [2.45, 2.75) is 52.6 Å². The van der Waals surface area contributed by atoms with E-state index in [1.165, 1.54) is 0 Å². The minimum atomic E-state index is 0.0869. The maximum Gasteiger partial charge on any atom is 0.220 e. The molecule has 0 bridgehead atoms. The molecule has 19 heavy (non-hydrogen) atoms. The van der Waals surface area contributed by atoms with Gasteiger partial charge in [-0.15, -0.1) is 0 Å². The fourth-order valence-corrected chi connectivity index (χ4v) is 2.22. The molecule has 0 radical (unpaired) electrons. The number of furan rings is 1. The third-order valence-corrected chi connectivity index (χ3v) is 3.20. The van der Waals surface area contributed by atoms with Gasteiger partial charge >= 0.3 is 0 Å². The molecular weight excluding hydrogens is 240 g/mol. The molecule has 4 nitrogen and oxygen atoms in total. The highest BCUT2D eigenvalue weighted by molar-refractivity contribution is 5.76. The van der Waals surface area contributed by atoms with E-state index in [1.54, 1.807) is 6.26 Å². The zero-order valence-corrected chi connectivity index (χ0v) is 12.5. The van der Waals surface area contributed by atoms with Crippen LogP contribution in [0.2, 0.25) is 0 Å². The largest absolute Gasteiger partial charge is 0.469 e. The second-order valence-electron chi connectivity index (χ2n) is 5.35. The van der Waals surface area contributed by atoms with Crippen LogP contribution in [-0.4, -0.2) is 36.0 Å². The first-order valence-corrected chi connectivity index (χ1v) is 7.05. The van der Waals surface area contributed by atoms with Crippen LogP contribution < -0.4 is 5.32 Å². The zero-order valence-electron chi connectivity index (χ0n) is 12.5. The first kappa shape index (κ1) is 15.8. The normalized spacial score (nSPS) is 11.5. The van der Waals surface area contributed by atoms with Crippen molar-refractivity contribution >= 4 is 5.91 Å². The van der Waals surface area contributed by atoms with E-state index < -0.39 is 0 Å². The minimum absolute atomic E-state index is 0.0869. The summed E-state index contributed by atoms with van der Waals surface area (Å²) in [6, 6.07) is 4.74. The van der Waals surface area contributed by atoms with Crippen molar-refractivity contribution in [3.05, 3.63) is 24.2 Å². The lowest BCUT2D eigenvalue weighted by Crippen LogP contribution is -2.42. The summed E-state index contributed by atoms with van der Waals surface area (Å²) in [5.74, 6) is 0.949. The second-order valence-corrected chi connectivity index (χ2v) is 5.35. The van der Waals surface area contributed by atoms with Gasteiger partial charge in [-0.05, 0) is 39.8 Å². The Morgan fingerprint density at radius 3 is 2.53 bits per heavy atom. The van der Waals surface area contributed by atoms with E-state index in [0.29, 0.717) is 31.5 Å². The maximum atomic E-state index is 11.7. The molecule has 0 aliphatic heterocycles. The Morgan fingerprint density at radius 2 is 2.00 bits per heavy atom. The Balaban J connectivity index is 2.19. The molecule has 0 atom stereocenters. The number of aryl methyl sites for hydroxylation is 1. The molecule has 1 rings (SSSR count). The molecule has 1 heterocycles. The van der Waals surface area contributed by atoms with Gasteiger partial charge in [-0.25, -0.2) is 0 Å². The smallest absolute Gasteiger partial charge is 0.220 e. The van der Waals surface area contributed by atoms with Crippen molar-refractivity contribution in [1.82, 2.24) is 10.2 Å². The maximum absolute atomic E-state index is 11.7. The fraction of sp³-hybridized carbons (Fsp3) is 0.667. The van der Waals surface area contributed by atoms with Crippen molar-refractivity contribution in [1.29, 1.82) is 0 Å². The molecule has 0 aromatic carbocycles. The number of hydrogen-bond acceptors (Lipinski definition) is 3. The Morgan fingerprint density at radius 1 is 1.32 bits per heavy atom. The Labute approximate surface area is 116 Å². The SMILES string of the molecule is CC(C)N(CCNC(=O)CCc1ccco1)C(C)C. The number of carbonyl (C=O) groups is 1. The molecular formula is C15H26N2O2. The molecule has 1 N–H and O–H groups in total. The van der Waals surface area contributed by atoms with Crippen LogP contribution in [0.5, 0.6) is 0 Å². The summed E-state index contributed by atoms with van der Waals surface area (Å²) in [6.45, 7) is 10.3. The molecule has 0 aliphatic rings. The zero-order chi connectivity index (χ0) is 14.3. The highest BCUT2D eigenvalue weighted by atomic mass is 16.3. The first-order chi connectivity index (χ1) is 9.00. The van der Waals surface area contributed by atoms with Gasteiger partial charge in [0.05, 0.1) is 6.26 Å². The monoisotopic (exact) mass is 266 g/mol. The van der Waals surface area contributed by atoms with Gasteiger partial charge in [0.1, 0.15) is 5.76 Å². The summed E-state index contributed by atoms with van der Waals surface area (Å²) >= 11 is 0. The van der Waals surface area contributed by atoms with Gasteiger partial charge in [0.2, 0.25) is 5.91 Å². The average molecular weight is 266 g/mol. The van der Waals surface area contributed by atoms with E-state index in [0.717, 1.165) is 12.3 Å². The van der Waals surface area contributed by atoms with Crippen LogP contribution in [0.4, 0.5) is 0 Å². The van der Waals surface area contributed by atoms with E-state index in [1.807, 2.05) is 12.1 Å². The second kappa shape index (κ2) is 8.00. The van der Waals surface area contributed by atoms with Crippen molar-refractivity contribution in [2.24, 2.45) is 0 Å². The molecule has 1 aromatic heterocycles. The summed E-state index contributed by atoms with van der Waals surface area (Å²) in [5.41, 5.74) is 0. The summed E-state index contributed by atoms with van der Waals surface area (Å²) in [5, 5.41) is 2.96. The van der Waals surface area contributed by atoms with E-state index in [-0.39, 0.29) is 5.91 Å². The van der Waals surface area contributed by atoms with Crippen molar-refractivity contribution in [3.63, 3.8) is 0 Å². The lowest BCUT2D eigenvalue weighted by Gasteiger charge is -2.30. The predicted octanol–water partition coefficient (Wildman–Crippen LogP) is 2.45. The molecule has 0 aliphatic carbocycles. The Bertz CT molecular complexity index is 350. The predicted molar refractivity (Wildman–Crippen MR) is 77.0 cm³/mol. The van der Waals surface area contributed by atoms with Gasteiger partial charge < -0.3 is 9.73 Å². The van der Waals surface area contributed by atoms with Crippen LogP contribution in [0.25, 0.3) is 0 Å². The van der Waals surface area contributed by atoms with Gasteiger partial charge in [0, 0.05) is 38.0 Å². The topological polar surface area (TPSA) is 45.5 Å². The summed E-state index contributed by atoms with van der Waals surface area (Å²) in [4.78, 5) is 14.1. The number of rotatable bonds is 8. The number of nitrogens with zero attached hydrogens (tertiary/aromatic N) is 1. The van der Waals surface area contributed by atoms with Gasteiger partial charge in [-0.2, -0.15) is 0 Å². The van der Waals surface area contributed by atoms with E-state index in [2.05, 4.69) is 37.9 Å². The van der Waals surface area contributed by atoms with Gasteiger partial charge in [-0.3, -0.25) is 9.69 Å². The third-order valence-electron chi connectivity index (χ3n) is 3.20. The summed E-state index contributed by atoms with van der Waals surface area (Å²) in [6.07, 6.45) is 2.78. The first-order valence-electron chi connectivity index (χ1n) is 7.05. The number of nitrogens with one attached hydrogen (secondary N) is 1. The van der Waals surface area contributed by atoms with E-state index in [9.17, 15) is 4.79 Å². The highest BCUT2D eigenvalue weighted by Gasteiger charge is 2.13. The molecule has 0 spiro atoms. The van der Waals surface area contributed by atoms with Crippen LogP contribution in [0.1, 0.15) is 39.9 Å². The lowest BCUT2D eigenvalue weighted by atomic mass is 10.2. The Kier molecular flexibility index (Phi) is 6.64. The van der Waals surface area contributed by atoms with Gasteiger partial charge in [-0.1, -0.05) is 0 Å². The molecule has 4 heteroatoms. The standard InChI is InChI=1S/C15H26N2O2/c1-12(2)17(13(3)4)10-9-16-15(18)8-7-14-6-5-11-19-14/h5-6,11-13H,7-10H2,1-4H3,(H,16,18). The van der Waals surface area contributed by atoms with Crippen LogP contribution in [0.3, 0.4) is 0 Å². The molecule has 1 amide bonds. The molecule has 0 saturated carbocycles. The quantitative estimate of drug-likeness (QED) is 0.786. The van der Waals surface area contributed by atoms with Crippen LogP contribution in [0, 0.1) is 0 Å². The van der Waals surface area contributed by atoms with E-state index >= 15 is 0 Å². The molecule has 0 unspecified atom stereocenters. The highest BCUT2D eigenvalue weighted by Crippen LogP contribution is 2.04. The van der Waals surface area contributed by atoms with Crippen molar-refractivity contribution in [3.8, 4) is 0 Å². The number of hydrogen-bond donors (Lipinski definition) is 1. The summed E-state index contributed by atoms with van der Waals surface area (Å²) < 4.78 is 5.20. The fourth-order valence-electron chi connectivity index (χ4n) is 2.22. The van der Waals surface area contributed by atoms with Crippen LogP contribution in [-0.2, 0) is 11.2 Å². The van der Waals surface area contributed by atoms with Gasteiger partial charge in [0.25, 0.3) is 0 Å². The molecule has 1 aromatic rings. The van der Waals surface area contributed by atoms with Crippen LogP contribution in [0.15, 0.2) is 22.8 Å². The number of carbonyl (C=O) groups excluding carboxylic acids is 1. The van der Waals surface area contributed by atoms with Crippen molar-refractivity contribution in [2.75, 3.05) is 13.1 Å². The summed E-state index contributed by atoms with van der Waals surface area (Å²) in [7, 11) is 0. The average Bonchev–Trinajstić information content (AvgIpc) is 2.84. The van der Waals surface area contributed by atoms with Crippen molar-refractivity contribution < 1.29 is 9.21 Å². The molecule has 0 saturated heterocycles. The minimum Gasteiger partial charge on any atom is -0.469 e. The number of amides is 1. The van der Waals surface area contributed by atoms with E-state index in [4.69, 9.17) is 4.42 Å². The third kappa shape index (κ3) is 5.92. The van der Waals surface area contributed by atoms with Gasteiger partial charge in [0.15, 0.2) is 0 Å². The molecule has 0 fully saturated rings.